The van der Waals surface area contributed by atoms with Crippen molar-refractivity contribution < 1.29 is 0 Å². The molecule has 0 aromatic rings. The van der Waals surface area contributed by atoms with Gasteiger partial charge in [-0.05, 0) is 45.1 Å². The fourth-order valence-corrected chi connectivity index (χ4v) is 2.40. The minimum atomic E-state index is 0.799. The van der Waals surface area contributed by atoms with Gasteiger partial charge in [-0.1, -0.05) is 27.2 Å². The summed E-state index contributed by atoms with van der Waals surface area (Å²) in [4.78, 5) is 2.60. The quantitative estimate of drug-likeness (QED) is 0.669. The van der Waals surface area contributed by atoms with Crippen molar-refractivity contribution in [1.29, 1.82) is 0 Å². The maximum Gasteiger partial charge on any atom is 0.00976 e. The van der Waals surface area contributed by atoms with E-state index in [1.807, 2.05) is 0 Å². The Kier molecular flexibility index (Phi) is 4.43. The number of hydrogen-bond acceptors (Lipinski definition) is 1. The topological polar surface area (TPSA) is 3.24 Å². The Morgan fingerprint density at radius 2 is 1.86 bits per heavy atom. The Hall–Kier alpha value is -0.0400. The Bertz CT molecular complexity index is 165. The van der Waals surface area contributed by atoms with Crippen LogP contribution in [0.1, 0.15) is 53.4 Å². The van der Waals surface area contributed by atoms with Gasteiger partial charge in [0.25, 0.3) is 0 Å². The molecule has 0 aromatic carbocycles. The highest BCUT2D eigenvalue weighted by molar-refractivity contribution is 4.81. The Balaban J connectivity index is 2.43. The molecule has 1 aliphatic rings. The summed E-state index contributed by atoms with van der Waals surface area (Å²) >= 11 is 0. The number of rotatable bonds is 3. The second-order valence-electron chi connectivity index (χ2n) is 5.56. The molecular formula is C13H27N. The van der Waals surface area contributed by atoms with Crippen LogP contribution in [0.2, 0.25) is 0 Å². The first kappa shape index (κ1) is 12.0. The highest BCUT2D eigenvalue weighted by Crippen LogP contribution is 2.27. The van der Waals surface area contributed by atoms with Gasteiger partial charge in [0.2, 0.25) is 0 Å². The lowest BCUT2D eigenvalue weighted by Crippen LogP contribution is -2.43. The van der Waals surface area contributed by atoms with Crippen molar-refractivity contribution >= 4 is 0 Å². The van der Waals surface area contributed by atoms with E-state index in [-0.39, 0.29) is 0 Å². The van der Waals surface area contributed by atoms with Gasteiger partial charge in [-0.25, -0.2) is 0 Å². The van der Waals surface area contributed by atoms with Crippen LogP contribution < -0.4 is 0 Å². The van der Waals surface area contributed by atoms with Crippen molar-refractivity contribution in [3.8, 4) is 0 Å². The van der Waals surface area contributed by atoms with Crippen molar-refractivity contribution in [2.45, 2.75) is 65.5 Å². The number of likely N-dealkylation sites (tertiary alicyclic amines) is 1. The van der Waals surface area contributed by atoms with Crippen LogP contribution in [0.4, 0.5) is 0 Å². The van der Waals surface area contributed by atoms with Gasteiger partial charge < -0.3 is 4.90 Å². The SMILES string of the molecule is CC(C)C(C)CC1CCCC(C)N1C. The van der Waals surface area contributed by atoms with E-state index in [4.69, 9.17) is 0 Å². The first-order chi connectivity index (χ1) is 6.52. The molecule has 1 saturated heterocycles. The van der Waals surface area contributed by atoms with E-state index in [9.17, 15) is 0 Å². The molecule has 0 aliphatic carbocycles. The molecule has 1 rings (SSSR count). The average Bonchev–Trinajstić information content (AvgIpc) is 2.12. The molecule has 1 aliphatic heterocycles. The monoisotopic (exact) mass is 197 g/mol. The first-order valence-corrected chi connectivity index (χ1v) is 6.24. The van der Waals surface area contributed by atoms with Gasteiger partial charge in [0.15, 0.2) is 0 Å². The smallest absolute Gasteiger partial charge is 0.00976 e. The van der Waals surface area contributed by atoms with E-state index in [0.29, 0.717) is 0 Å². The number of hydrogen-bond donors (Lipinski definition) is 0. The van der Waals surface area contributed by atoms with Crippen LogP contribution in [0.5, 0.6) is 0 Å². The second-order valence-corrected chi connectivity index (χ2v) is 5.56. The average molecular weight is 197 g/mol. The summed E-state index contributed by atoms with van der Waals surface area (Å²) in [6, 6.07) is 1.64. The summed E-state index contributed by atoms with van der Waals surface area (Å²) in [7, 11) is 2.31. The van der Waals surface area contributed by atoms with Gasteiger partial charge in [-0.3, -0.25) is 0 Å². The molecule has 0 bridgehead atoms. The molecule has 0 aromatic heterocycles. The van der Waals surface area contributed by atoms with E-state index in [1.54, 1.807) is 0 Å². The van der Waals surface area contributed by atoms with Crippen LogP contribution in [0.25, 0.3) is 0 Å². The van der Waals surface area contributed by atoms with Crippen LogP contribution in [-0.4, -0.2) is 24.0 Å². The van der Waals surface area contributed by atoms with E-state index in [1.165, 1.54) is 25.7 Å². The van der Waals surface area contributed by atoms with Crippen molar-refractivity contribution in [2.75, 3.05) is 7.05 Å². The molecule has 1 fully saturated rings. The summed E-state index contributed by atoms with van der Waals surface area (Å²) < 4.78 is 0. The third kappa shape index (κ3) is 2.98. The number of nitrogens with zero attached hydrogens (tertiary/aromatic N) is 1. The zero-order chi connectivity index (χ0) is 10.7. The molecule has 1 nitrogen and oxygen atoms in total. The minimum Gasteiger partial charge on any atom is -0.301 e. The van der Waals surface area contributed by atoms with Gasteiger partial charge >= 0.3 is 0 Å². The molecule has 0 saturated carbocycles. The summed E-state index contributed by atoms with van der Waals surface area (Å²) in [6.07, 6.45) is 5.63. The summed E-state index contributed by atoms with van der Waals surface area (Å²) in [5.74, 6) is 1.70. The van der Waals surface area contributed by atoms with E-state index in [2.05, 4.69) is 39.6 Å². The maximum absolute atomic E-state index is 2.60. The standard InChI is InChI=1S/C13H27N/c1-10(2)11(3)9-13-8-6-7-12(4)14(13)5/h10-13H,6-9H2,1-5H3. The first-order valence-electron chi connectivity index (χ1n) is 6.24. The second kappa shape index (κ2) is 5.16. The zero-order valence-electron chi connectivity index (χ0n) is 10.6. The third-order valence-electron chi connectivity index (χ3n) is 4.21. The van der Waals surface area contributed by atoms with E-state index < -0.39 is 0 Å². The van der Waals surface area contributed by atoms with Crippen molar-refractivity contribution in [3.63, 3.8) is 0 Å². The molecule has 3 atom stereocenters. The van der Waals surface area contributed by atoms with Crippen LogP contribution in [0.15, 0.2) is 0 Å². The predicted octanol–water partition coefficient (Wildman–Crippen LogP) is 3.54. The molecule has 84 valence electrons. The largest absolute Gasteiger partial charge is 0.301 e. The normalized spacial score (nSPS) is 32.1. The summed E-state index contributed by atoms with van der Waals surface area (Å²) in [5, 5.41) is 0. The van der Waals surface area contributed by atoms with E-state index >= 15 is 0 Å². The van der Waals surface area contributed by atoms with Gasteiger partial charge in [-0.15, -0.1) is 0 Å². The van der Waals surface area contributed by atoms with Crippen LogP contribution in [0, 0.1) is 11.8 Å². The fourth-order valence-electron chi connectivity index (χ4n) is 2.40. The van der Waals surface area contributed by atoms with Crippen LogP contribution in [0.3, 0.4) is 0 Å². The van der Waals surface area contributed by atoms with Crippen molar-refractivity contribution in [2.24, 2.45) is 11.8 Å². The highest BCUT2D eigenvalue weighted by Gasteiger charge is 2.26. The summed E-state index contributed by atoms with van der Waals surface area (Å²) in [6.45, 7) is 9.46. The molecule has 0 amide bonds. The number of piperidine rings is 1. The molecular weight excluding hydrogens is 170 g/mol. The van der Waals surface area contributed by atoms with Gasteiger partial charge in [-0.2, -0.15) is 0 Å². The third-order valence-corrected chi connectivity index (χ3v) is 4.21. The maximum atomic E-state index is 2.60. The van der Waals surface area contributed by atoms with Gasteiger partial charge in [0.05, 0.1) is 0 Å². The Morgan fingerprint density at radius 1 is 1.21 bits per heavy atom. The molecule has 14 heavy (non-hydrogen) atoms. The molecule has 1 heteroatoms. The van der Waals surface area contributed by atoms with Gasteiger partial charge in [0, 0.05) is 12.1 Å². The van der Waals surface area contributed by atoms with Gasteiger partial charge in [0.1, 0.15) is 0 Å². The Labute approximate surface area is 89.9 Å². The van der Waals surface area contributed by atoms with Crippen molar-refractivity contribution in [1.82, 2.24) is 4.90 Å². The van der Waals surface area contributed by atoms with Crippen molar-refractivity contribution in [3.05, 3.63) is 0 Å². The molecule has 0 spiro atoms. The lowest BCUT2D eigenvalue weighted by atomic mass is 9.86. The van der Waals surface area contributed by atoms with Crippen LogP contribution >= 0.6 is 0 Å². The zero-order valence-corrected chi connectivity index (χ0v) is 10.6. The summed E-state index contributed by atoms with van der Waals surface area (Å²) in [5.41, 5.74) is 0. The molecule has 0 radical (unpaired) electrons. The highest BCUT2D eigenvalue weighted by atomic mass is 15.2. The molecule has 3 unspecified atom stereocenters. The molecule has 1 heterocycles. The van der Waals surface area contributed by atoms with E-state index in [0.717, 1.165) is 23.9 Å². The lowest BCUT2D eigenvalue weighted by Gasteiger charge is -2.39. The Morgan fingerprint density at radius 3 is 2.43 bits per heavy atom. The predicted molar refractivity (Wildman–Crippen MR) is 63.5 cm³/mol. The van der Waals surface area contributed by atoms with Crippen LogP contribution in [-0.2, 0) is 0 Å². The fraction of sp³-hybridized carbons (Fsp3) is 1.00. The lowest BCUT2D eigenvalue weighted by molar-refractivity contribution is 0.101. The molecule has 0 N–H and O–H groups in total. The minimum absolute atomic E-state index is 0.799.